The van der Waals surface area contributed by atoms with Crippen LogP contribution in [0.4, 0.5) is 0 Å². The molecule has 0 spiro atoms. The summed E-state index contributed by atoms with van der Waals surface area (Å²) in [5.41, 5.74) is 0. The quantitative estimate of drug-likeness (QED) is 0.470. The molecule has 0 aliphatic carbocycles. The first-order valence-electron chi connectivity index (χ1n) is 1.56. The normalized spacial score (nSPS) is 11.3. The molecule has 2 heteroatoms. The fourth-order valence-corrected chi connectivity index (χ4v) is 0.378. The van der Waals surface area contributed by atoms with Crippen LogP contribution >= 0.6 is 23.2 Å². The third kappa shape index (κ3) is 4.32. The third-order valence-electron chi connectivity index (χ3n) is 0.293. The lowest BCUT2D eigenvalue weighted by Gasteiger charge is -1.80. The molecule has 0 aromatic heterocycles. The van der Waals surface area contributed by atoms with Gasteiger partial charge in [0, 0.05) is 0 Å². The number of hydrogen-bond acceptors (Lipinski definition) is 0. The summed E-state index contributed by atoms with van der Waals surface area (Å²) < 4.78 is 0. The predicted octanol–water partition coefficient (Wildman–Crippen LogP) is 2.17. The van der Waals surface area contributed by atoms with Crippen LogP contribution in [0.1, 0.15) is 6.92 Å². The van der Waals surface area contributed by atoms with E-state index in [9.17, 15) is 0 Å². The molecule has 0 unspecified atom stereocenters. The largest absolute Gasteiger partial charge is 0.126 e. The van der Waals surface area contributed by atoms with Crippen LogP contribution in [0.2, 0.25) is 0 Å². The van der Waals surface area contributed by atoms with Crippen molar-refractivity contribution in [1.29, 1.82) is 0 Å². The van der Waals surface area contributed by atoms with Gasteiger partial charge in [0.25, 0.3) is 0 Å². The summed E-state index contributed by atoms with van der Waals surface area (Å²) in [6, 6.07) is 0. The van der Waals surface area contributed by atoms with E-state index in [0.29, 0.717) is 0 Å². The van der Waals surface area contributed by atoms with Gasteiger partial charge in [-0.15, -0.1) is 23.2 Å². The van der Waals surface area contributed by atoms with E-state index in [-0.39, 0.29) is 0 Å². The summed E-state index contributed by atoms with van der Waals surface area (Å²) in [6.07, 6.45) is 4.25. The second kappa shape index (κ2) is 3.51. The second-order valence-corrected chi connectivity index (χ2v) is 1.95. The Morgan fingerprint density at radius 2 is 2.17 bits per heavy atom. The maximum Gasteiger partial charge on any atom is 0.126 e. The summed E-state index contributed by atoms with van der Waals surface area (Å²) in [7, 11) is 0. The first-order chi connectivity index (χ1) is 2.77. The van der Waals surface area contributed by atoms with Crippen LogP contribution < -0.4 is 0 Å². The minimum atomic E-state index is -0.394. The van der Waals surface area contributed by atoms with Gasteiger partial charge in [-0.3, -0.25) is 0 Å². The van der Waals surface area contributed by atoms with Crippen molar-refractivity contribution in [1.82, 2.24) is 0 Å². The fraction of sp³-hybridized carbons (Fsp3) is 0.500. The number of halogens is 2. The van der Waals surface area contributed by atoms with Crippen molar-refractivity contribution in [2.75, 3.05) is 0 Å². The summed E-state index contributed by atoms with van der Waals surface area (Å²) in [4.78, 5) is -0.394. The van der Waals surface area contributed by atoms with Crippen molar-refractivity contribution in [3.05, 3.63) is 12.2 Å². The molecule has 0 atom stereocenters. The average molecular weight is 124 g/mol. The molecule has 0 bridgehead atoms. The van der Waals surface area contributed by atoms with Gasteiger partial charge in [-0.05, 0) is 19.1 Å². The SMILES string of the molecule is C[C]=CC(Cl)Cl. The van der Waals surface area contributed by atoms with E-state index in [2.05, 4.69) is 6.08 Å². The molecule has 1 radical (unpaired) electrons. The molecule has 35 valence electrons. The Bertz CT molecular complexity index is 47.5. The van der Waals surface area contributed by atoms with E-state index >= 15 is 0 Å². The van der Waals surface area contributed by atoms with E-state index in [4.69, 9.17) is 23.2 Å². The van der Waals surface area contributed by atoms with Gasteiger partial charge in [0.15, 0.2) is 0 Å². The molecule has 0 heterocycles. The molecule has 0 amide bonds. The van der Waals surface area contributed by atoms with Crippen LogP contribution in [-0.2, 0) is 0 Å². The van der Waals surface area contributed by atoms with Crippen LogP contribution in [0, 0.1) is 6.08 Å². The number of hydrogen-bond donors (Lipinski definition) is 0. The van der Waals surface area contributed by atoms with Crippen LogP contribution in [0.25, 0.3) is 0 Å². The Balaban J connectivity index is 3.03. The van der Waals surface area contributed by atoms with Gasteiger partial charge < -0.3 is 0 Å². The van der Waals surface area contributed by atoms with Gasteiger partial charge >= 0.3 is 0 Å². The Kier molecular flexibility index (Phi) is 3.70. The first-order valence-corrected chi connectivity index (χ1v) is 2.43. The Morgan fingerprint density at radius 1 is 1.67 bits per heavy atom. The molecule has 0 rings (SSSR count). The molecular formula is C4H5Cl2. The zero-order valence-corrected chi connectivity index (χ0v) is 4.92. The molecule has 0 saturated carbocycles. The second-order valence-electron chi connectivity index (χ2n) is 0.790. The lowest BCUT2D eigenvalue weighted by molar-refractivity contribution is 1.51. The summed E-state index contributed by atoms with van der Waals surface area (Å²) in [5, 5.41) is 0. The molecule has 0 aromatic carbocycles. The Morgan fingerprint density at radius 3 is 2.17 bits per heavy atom. The highest BCUT2D eigenvalue weighted by Crippen LogP contribution is 2.00. The zero-order valence-electron chi connectivity index (χ0n) is 3.41. The monoisotopic (exact) mass is 123 g/mol. The van der Waals surface area contributed by atoms with E-state index in [0.717, 1.165) is 0 Å². The number of alkyl halides is 2. The lowest BCUT2D eigenvalue weighted by Crippen LogP contribution is -1.71. The van der Waals surface area contributed by atoms with E-state index < -0.39 is 4.84 Å². The standard InChI is InChI=1S/C4H5Cl2/c1-2-3-4(5)6/h3-4H,1H3. The van der Waals surface area contributed by atoms with Crippen LogP contribution in [0.5, 0.6) is 0 Å². The van der Waals surface area contributed by atoms with Gasteiger partial charge in [0.05, 0.1) is 0 Å². The topological polar surface area (TPSA) is 0 Å². The molecule has 0 nitrogen and oxygen atoms in total. The lowest BCUT2D eigenvalue weighted by atomic mass is 10.6. The smallest absolute Gasteiger partial charge is 0.101 e. The van der Waals surface area contributed by atoms with Crippen molar-refractivity contribution in [2.45, 2.75) is 11.8 Å². The van der Waals surface area contributed by atoms with Gasteiger partial charge in [0.1, 0.15) is 4.84 Å². The number of allylic oxidation sites excluding steroid dienone is 2. The minimum absolute atomic E-state index is 0.394. The molecule has 0 fully saturated rings. The minimum Gasteiger partial charge on any atom is -0.101 e. The van der Waals surface area contributed by atoms with Crippen molar-refractivity contribution < 1.29 is 0 Å². The van der Waals surface area contributed by atoms with Gasteiger partial charge in [-0.1, -0.05) is 0 Å². The van der Waals surface area contributed by atoms with Crippen molar-refractivity contribution >= 4 is 23.2 Å². The molecule has 0 saturated heterocycles. The zero-order chi connectivity index (χ0) is 4.99. The Labute approximate surface area is 47.8 Å². The fourth-order valence-electron chi connectivity index (χ4n) is 0.126. The summed E-state index contributed by atoms with van der Waals surface area (Å²) in [6.45, 7) is 1.75. The van der Waals surface area contributed by atoms with Crippen molar-refractivity contribution in [3.63, 3.8) is 0 Å². The molecule has 0 aromatic rings. The van der Waals surface area contributed by atoms with Gasteiger partial charge in [-0.2, -0.15) is 0 Å². The third-order valence-corrected chi connectivity index (χ3v) is 0.545. The van der Waals surface area contributed by atoms with Crippen molar-refractivity contribution in [2.24, 2.45) is 0 Å². The van der Waals surface area contributed by atoms with E-state index in [1.165, 1.54) is 0 Å². The number of rotatable bonds is 1. The Hall–Kier alpha value is 0.320. The van der Waals surface area contributed by atoms with E-state index in [1.54, 1.807) is 13.0 Å². The summed E-state index contributed by atoms with van der Waals surface area (Å²) in [5.74, 6) is 0. The molecule has 0 aliphatic rings. The van der Waals surface area contributed by atoms with Crippen LogP contribution in [-0.4, -0.2) is 4.84 Å². The van der Waals surface area contributed by atoms with Crippen LogP contribution in [0.3, 0.4) is 0 Å². The van der Waals surface area contributed by atoms with Crippen molar-refractivity contribution in [3.8, 4) is 0 Å². The highest BCUT2D eigenvalue weighted by atomic mass is 35.5. The maximum absolute atomic E-state index is 5.23. The first kappa shape index (κ1) is 6.32. The average Bonchev–Trinajstić information content (AvgIpc) is 1.35. The van der Waals surface area contributed by atoms with Gasteiger partial charge in [-0.25, -0.2) is 0 Å². The van der Waals surface area contributed by atoms with E-state index in [1.807, 2.05) is 0 Å². The maximum atomic E-state index is 5.23. The molecule has 0 N–H and O–H groups in total. The molecule has 6 heavy (non-hydrogen) atoms. The highest BCUT2D eigenvalue weighted by Gasteiger charge is 1.83. The predicted molar refractivity (Wildman–Crippen MR) is 29.0 cm³/mol. The van der Waals surface area contributed by atoms with Gasteiger partial charge in [0.2, 0.25) is 0 Å². The highest BCUT2D eigenvalue weighted by molar-refractivity contribution is 6.45. The van der Waals surface area contributed by atoms with Crippen LogP contribution in [0.15, 0.2) is 6.08 Å². The summed E-state index contributed by atoms with van der Waals surface area (Å²) >= 11 is 10.5. The molecular weight excluding hydrogens is 119 g/mol. The molecule has 0 aliphatic heterocycles.